The Kier molecular flexibility index (Phi) is 3.88. The van der Waals surface area contributed by atoms with Crippen LogP contribution in [0.3, 0.4) is 0 Å². The van der Waals surface area contributed by atoms with Crippen molar-refractivity contribution in [3.05, 3.63) is 32.4 Å². The van der Waals surface area contributed by atoms with E-state index in [1.54, 1.807) is 17.4 Å². The molecule has 0 aliphatic carbocycles. The normalized spacial score (nSPS) is 9.77. The van der Waals surface area contributed by atoms with Crippen molar-refractivity contribution in [2.45, 2.75) is 20.3 Å². The third-order valence-corrected chi connectivity index (χ3v) is 3.40. The minimum atomic E-state index is 0.170. The molecule has 0 N–H and O–H groups in total. The molecule has 0 fully saturated rings. The smallest absolute Gasteiger partial charge is 0.160 e. The minimum Gasteiger partial charge on any atom is -0.294 e. The molecule has 0 saturated heterocycles. The number of halogens is 1. The van der Waals surface area contributed by atoms with E-state index >= 15 is 0 Å². The van der Waals surface area contributed by atoms with Gasteiger partial charge in [0, 0.05) is 15.8 Å². The van der Waals surface area contributed by atoms with Crippen molar-refractivity contribution in [3.8, 4) is 0 Å². The number of carbonyl (C=O) groups is 1. The van der Waals surface area contributed by atoms with Crippen molar-refractivity contribution in [2.75, 3.05) is 0 Å². The zero-order valence-electron chi connectivity index (χ0n) is 7.63. The number of hydrogen-bond acceptors (Lipinski definition) is 2. The molecule has 0 aliphatic heterocycles. The fraction of sp³-hybridized carbons (Fsp3) is 0.300. The molecule has 0 unspecified atom stereocenters. The predicted molar refractivity (Wildman–Crippen MR) is 60.2 cm³/mol. The van der Waals surface area contributed by atoms with Crippen molar-refractivity contribution >= 4 is 33.0 Å². The SMILES string of the molecule is CC(C)=CC(=O)Cc1sccc1Br. The quantitative estimate of drug-likeness (QED) is 0.758. The van der Waals surface area contributed by atoms with Crippen LogP contribution in [0.25, 0.3) is 0 Å². The highest BCUT2D eigenvalue weighted by atomic mass is 79.9. The molecule has 0 amide bonds. The summed E-state index contributed by atoms with van der Waals surface area (Å²) in [5.41, 5.74) is 1.05. The second kappa shape index (κ2) is 4.72. The molecule has 0 radical (unpaired) electrons. The topological polar surface area (TPSA) is 17.1 Å². The van der Waals surface area contributed by atoms with E-state index in [0.29, 0.717) is 6.42 Å². The van der Waals surface area contributed by atoms with Crippen molar-refractivity contribution in [2.24, 2.45) is 0 Å². The lowest BCUT2D eigenvalue weighted by Gasteiger charge is -1.94. The molecule has 3 heteroatoms. The van der Waals surface area contributed by atoms with Gasteiger partial charge in [0.05, 0.1) is 0 Å². The number of hydrogen-bond donors (Lipinski definition) is 0. The monoisotopic (exact) mass is 258 g/mol. The van der Waals surface area contributed by atoms with E-state index in [9.17, 15) is 4.79 Å². The molecule has 0 atom stereocenters. The Labute approximate surface area is 90.6 Å². The third-order valence-electron chi connectivity index (χ3n) is 1.48. The largest absolute Gasteiger partial charge is 0.294 e. The molecule has 0 aromatic carbocycles. The maximum absolute atomic E-state index is 11.4. The molecule has 0 spiro atoms. The minimum absolute atomic E-state index is 0.170. The van der Waals surface area contributed by atoms with Crippen LogP contribution in [0.4, 0.5) is 0 Å². The van der Waals surface area contributed by atoms with Crippen LogP contribution in [0.5, 0.6) is 0 Å². The van der Waals surface area contributed by atoms with E-state index in [1.807, 2.05) is 25.3 Å². The third kappa shape index (κ3) is 3.44. The van der Waals surface area contributed by atoms with E-state index in [1.165, 1.54) is 0 Å². The first-order chi connectivity index (χ1) is 6.09. The van der Waals surface area contributed by atoms with Crippen LogP contribution in [0.1, 0.15) is 18.7 Å². The van der Waals surface area contributed by atoms with Gasteiger partial charge in [0.25, 0.3) is 0 Å². The van der Waals surface area contributed by atoms with Gasteiger partial charge in [-0.05, 0) is 47.3 Å². The summed E-state index contributed by atoms with van der Waals surface area (Å²) in [5, 5.41) is 1.98. The molecule has 0 bridgehead atoms. The molecule has 1 aromatic rings. The number of rotatable bonds is 3. The van der Waals surface area contributed by atoms with Crippen LogP contribution in [0, 0.1) is 0 Å². The zero-order chi connectivity index (χ0) is 9.84. The first kappa shape index (κ1) is 10.7. The Morgan fingerprint density at radius 3 is 2.77 bits per heavy atom. The molecular weight excluding hydrogens is 248 g/mol. The van der Waals surface area contributed by atoms with Gasteiger partial charge in [0.1, 0.15) is 0 Å². The number of carbonyl (C=O) groups excluding carboxylic acids is 1. The Morgan fingerprint density at radius 2 is 2.31 bits per heavy atom. The van der Waals surface area contributed by atoms with Crippen LogP contribution < -0.4 is 0 Å². The first-order valence-corrected chi connectivity index (χ1v) is 5.66. The van der Waals surface area contributed by atoms with Gasteiger partial charge in [-0.3, -0.25) is 4.79 Å². The average molecular weight is 259 g/mol. The lowest BCUT2D eigenvalue weighted by atomic mass is 10.2. The summed E-state index contributed by atoms with van der Waals surface area (Å²) in [6.45, 7) is 3.86. The van der Waals surface area contributed by atoms with E-state index in [4.69, 9.17) is 0 Å². The predicted octanol–water partition coefficient (Wildman–Crippen LogP) is 3.59. The van der Waals surface area contributed by atoms with Gasteiger partial charge in [-0.15, -0.1) is 11.3 Å². The van der Waals surface area contributed by atoms with Crippen molar-refractivity contribution in [3.63, 3.8) is 0 Å². The molecule has 1 nitrogen and oxygen atoms in total. The van der Waals surface area contributed by atoms with Crippen LogP contribution in [0.2, 0.25) is 0 Å². The summed E-state index contributed by atoms with van der Waals surface area (Å²) in [5.74, 6) is 0.170. The number of allylic oxidation sites excluding steroid dienone is 2. The summed E-state index contributed by atoms with van der Waals surface area (Å²) in [4.78, 5) is 12.5. The summed E-state index contributed by atoms with van der Waals surface area (Å²) in [6.07, 6.45) is 2.19. The summed E-state index contributed by atoms with van der Waals surface area (Å²) in [6, 6.07) is 1.97. The second-order valence-electron chi connectivity index (χ2n) is 3.06. The molecule has 13 heavy (non-hydrogen) atoms. The van der Waals surface area contributed by atoms with Gasteiger partial charge in [0.2, 0.25) is 0 Å². The summed E-state index contributed by atoms with van der Waals surface area (Å²) in [7, 11) is 0. The van der Waals surface area contributed by atoms with Crippen LogP contribution >= 0.6 is 27.3 Å². The Bertz CT molecular complexity index is 334. The van der Waals surface area contributed by atoms with E-state index < -0.39 is 0 Å². The van der Waals surface area contributed by atoms with Gasteiger partial charge in [-0.2, -0.15) is 0 Å². The highest BCUT2D eigenvalue weighted by Crippen LogP contribution is 2.23. The van der Waals surface area contributed by atoms with Crippen molar-refractivity contribution < 1.29 is 4.79 Å². The molecular formula is C10H11BrOS. The summed E-state index contributed by atoms with van der Waals surface area (Å²) < 4.78 is 1.04. The van der Waals surface area contributed by atoms with E-state index in [2.05, 4.69) is 15.9 Å². The molecule has 1 aromatic heterocycles. The van der Waals surface area contributed by atoms with E-state index in [-0.39, 0.29) is 5.78 Å². The fourth-order valence-electron chi connectivity index (χ4n) is 0.982. The lowest BCUT2D eigenvalue weighted by molar-refractivity contribution is -0.114. The molecule has 1 heterocycles. The van der Waals surface area contributed by atoms with Gasteiger partial charge >= 0.3 is 0 Å². The molecule has 1 rings (SSSR count). The standard InChI is InChI=1S/C10H11BrOS/c1-7(2)5-8(12)6-10-9(11)3-4-13-10/h3-5H,6H2,1-2H3. The zero-order valence-corrected chi connectivity index (χ0v) is 10.0. The average Bonchev–Trinajstić information content (AvgIpc) is 2.34. The molecule has 0 aliphatic rings. The van der Waals surface area contributed by atoms with E-state index in [0.717, 1.165) is 14.9 Å². The van der Waals surface area contributed by atoms with Crippen molar-refractivity contribution in [1.82, 2.24) is 0 Å². The molecule has 0 saturated carbocycles. The Hall–Kier alpha value is -0.410. The molecule has 70 valence electrons. The lowest BCUT2D eigenvalue weighted by Crippen LogP contribution is -1.97. The Morgan fingerprint density at radius 1 is 1.62 bits per heavy atom. The maximum atomic E-state index is 11.4. The summed E-state index contributed by atoms with van der Waals surface area (Å²) >= 11 is 5.01. The van der Waals surface area contributed by atoms with Crippen LogP contribution in [0.15, 0.2) is 27.6 Å². The Balaban J connectivity index is 2.66. The van der Waals surface area contributed by atoms with Gasteiger partial charge in [0.15, 0.2) is 5.78 Å². The van der Waals surface area contributed by atoms with Gasteiger partial charge in [-0.1, -0.05) is 5.57 Å². The van der Waals surface area contributed by atoms with Crippen LogP contribution in [-0.2, 0) is 11.2 Å². The first-order valence-electron chi connectivity index (χ1n) is 3.99. The highest BCUT2D eigenvalue weighted by Gasteiger charge is 2.05. The van der Waals surface area contributed by atoms with Gasteiger partial charge < -0.3 is 0 Å². The highest BCUT2D eigenvalue weighted by molar-refractivity contribution is 9.10. The maximum Gasteiger partial charge on any atom is 0.160 e. The second-order valence-corrected chi connectivity index (χ2v) is 4.91. The van der Waals surface area contributed by atoms with Gasteiger partial charge in [-0.25, -0.2) is 0 Å². The van der Waals surface area contributed by atoms with Crippen molar-refractivity contribution in [1.29, 1.82) is 0 Å². The number of thiophene rings is 1. The fourth-order valence-corrected chi connectivity index (χ4v) is 2.48. The van der Waals surface area contributed by atoms with Crippen LogP contribution in [-0.4, -0.2) is 5.78 Å². The number of ketones is 1.